The number of hydrogen-bond acceptors (Lipinski definition) is 5. The van der Waals surface area contributed by atoms with E-state index in [1.165, 1.54) is 5.56 Å². The van der Waals surface area contributed by atoms with Crippen molar-refractivity contribution in [2.45, 2.75) is 44.2 Å². The number of carbonyl (C=O) groups is 1. The highest BCUT2D eigenvalue weighted by Gasteiger charge is 2.38. The summed E-state index contributed by atoms with van der Waals surface area (Å²) in [5, 5.41) is 11.8. The molecule has 4 aromatic rings. The molecule has 1 aliphatic rings. The smallest absolute Gasteiger partial charge is 0.253 e. The molecule has 7 heteroatoms. The van der Waals surface area contributed by atoms with Gasteiger partial charge in [-0.05, 0) is 62.6 Å². The van der Waals surface area contributed by atoms with Crippen molar-refractivity contribution in [3.05, 3.63) is 102 Å². The highest BCUT2D eigenvalue weighted by Crippen LogP contribution is 2.35. The topological polar surface area (TPSA) is 70.8 Å². The summed E-state index contributed by atoms with van der Waals surface area (Å²) in [6, 6.07) is 28.1. The first-order valence-corrected chi connectivity index (χ1v) is 14.8. The number of piperidine rings is 1. The zero-order valence-electron chi connectivity index (χ0n) is 24.3. The molecule has 0 saturated carbocycles. The minimum atomic E-state index is -0.969. The molecule has 5 rings (SSSR count). The summed E-state index contributed by atoms with van der Waals surface area (Å²) in [6.07, 6.45) is 2.20. The Balaban J connectivity index is 1.24. The number of likely N-dealkylation sites (N-methyl/N-ethyl adjacent to an activating group) is 1. The number of likely N-dealkylation sites (tertiary alicyclic amines) is 1. The molecule has 1 aromatic heterocycles. The molecule has 1 fully saturated rings. The first-order valence-electron chi connectivity index (χ1n) is 14.8. The van der Waals surface area contributed by atoms with Crippen molar-refractivity contribution in [2.24, 2.45) is 0 Å². The van der Waals surface area contributed by atoms with E-state index in [4.69, 9.17) is 9.72 Å². The van der Waals surface area contributed by atoms with Gasteiger partial charge in [0.25, 0.3) is 5.91 Å². The highest BCUT2D eigenvalue weighted by molar-refractivity contribution is 5.94. The average molecular weight is 555 g/mol. The van der Waals surface area contributed by atoms with Crippen LogP contribution < -0.4 is 0 Å². The quantitative estimate of drug-likeness (QED) is 0.241. The Kier molecular flexibility index (Phi) is 9.49. The van der Waals surface area contributed by atoms with Crippen LogP contribution in [0.3, 0.4) is 0 Å². The van der Waals surface area contributed by atoms with E-state index in [2.05, 4.69) is 39.8 Å². The third kappa shape index (κ3) is 6.87. The van der Waals surface area contributed by atoms with E-state index in [0.717, 1.165) is 42.9 Å². The van der Waals surface area contributed by atoms with Crippen LogP contribution in [-0.2, 0) is 16.9 Å². The van der Waals surface area contributed by atoms with Crippen LogP contribution in [0.1, 0.15) is 53.8 Å². The maximum atomic E-state index is 13.1. The van der Waals surface area contributed by atoms with Crippen LogP contribution in [0.25, 0.3) is 11.0 Å². The van der Waals surface area contributed by atoms with E-state index in [0.29, 0.717) is 44.7 Å². The molecule has 1 amide bonds. The number of para-hydroxylation sites is 2. The van der Waals surface area contributed by atoms with E-state index in [1.807, 2.05) is 73.5 Å². The van der Waals surface area contributed by atoms with Crippen LogP contribution in [0.4, 0.5) is 0 Å². The summed E-state index contributed by atoms with van der Waals surface area (Å²) in [6.45, 7) is 7.08. The molecule has 0 radical (unpaired) electrons. The Morgan fingerprint density at radius 1 is 0.976 bits per heavy atom. The fourth-order valence-corrected chi connectivity index (χ4v) is 5.97. The summed E-state index contributed by atoms with van der Waals surface area (Å²) >= 11 is 0. The molecule has 1 N–H and O–H groups in total. The number of ether oxygens (including phenoxy) is 1. The predicted molar refractivity (Wildman–Crippen MR) is 163 cm³/mol. The zero-order valence-corrected chi connectivity index (χ0v) is 24.3. The molecule has 1 unspecified atom stereocenters. The first-order chi connectivity index (χ1) is 20.0. The summed E-state index contributed by atoms with van der Waals surface area (Å²) in [5.74, 6) is 1.01. The molecule has 7 nitrogen and oxygen atoms in total. The van der Waals surface area contributed by atoms with E-state index >= 15 is 0 Å². The number of aliphatic hydroxyl groups is 1. The van der Waals surface area contributed by atoms with Crippen molar-refractivity contribution in [3.63, 3.8) is 0 Å². The average Bonchev–Trinajstić information content (AvgIpc) is 3.40. The number of fused-ring (bicyclic) bond motifs is 1. The van der Waals surface area contributed by atoms with Crippen LogP contribution in [0.15, 0.2) is 84.9 Å². The molecule has 0 bridgehead atoms. The Bertz CT molecular complexity index is 1400. The molecule has 1 saturated heterocycles. The minimum Gasteiger partial charge on any atom is -0.382 e. The SMILES string of the molecule is CCOCCn1c(C2(O)CCN(CCC(CN(C)C(=O)c3ccccc3)c3ccccc3)CC2)nc2ccccc21. The van der Waals surface area contributed by atoms with Crippen molar-refractivity contribution in [1.82, 2.24) is 19.4 Å². The van der Waals surface area contributed by atoms with Gasteiger partial charge in [-0.3, -0.25) is 4.79 Å². The zero-order chi connectivity index (χ0) is 28.7. The maximum Gasteiger partial charge on any atom is 0.253 e. The minimum absolute atomic E-state index is 0.0433. The first kappa shape index (κ1) is 29.0. The highest BCUT2D eigenvalue weighted by atomic mass is 16.5. The lowest BCUT2D eigenvalue weighted by Gasteiger charge is -2.38. The molecule has 1 aliphatic heterocycles. The molecule has 2 heterocycles. The van der Waals surface area contributed by atoms with E-state index < -0.39 is 5.60 Å². The summed E-state index contributed by atoms with van der Waals surface area (Å²) in [4.78, 5) is 22.3. The van der Waals surface area contributed by atoms with Crippen LogP contribution in [0, 0.1) is 0 Å². The molecule has 3 aromatic carbocycles. The Hall–Kier alpha value is -3.52. The van der Waals surface area contributed by atoms with Crippen molar-refractivity contribution in [2.75, 3.05) is 46.4 Å². The lowest BCUT2D eigenvalue weighted by molar-refractivity contribution is -0.0362. The van der Waals surface area contributed by atoms with E-state index in [-0.39, 0.29) is 11.8 Å². The van der Waals surface area contributed by atoms with Gasteiger partial charge in [0.05, 0.1) is 17.6 Å². The third-order valence-electron chi connectivity index (χ3n) is 8.34. The van der Waals surface area contributed by atoms with E-state index in [9.17, 15) is 9.90 Å². The molecule has 41 heavy (non-hydrogen) atoms. The summed E-state index contributed by atoms with van der Waals surface area (Å²) in [5.41, 5.74) is 2.94. The van der Waals surface area contributed by atoms with Crippen LogP contribution in [0.2, 0.25) is 0 Å². The second-order valence-corrected chi connectivity index (χ2v) is 11.1. The van der Waals surface area contributed by atoms with Gasteiger partial charge in [0.1, 0.15) is 11.4 Å². The van der Waals surface area contributed by atoms with Gasteiger partial charge in [-0.2, -0.15) is 0 Å². The Labute approximate surface area is 243 Å². The number of imidazole rings is 1. The standard InChI is InChI=1S/C34H42N4O3/c1-3-41-25-24-38-31-17-11-10-16-30(31)35-33(38)34(40)19-22-37(23-20-34)21-18-29(27-12-6-4-7-13-27)26-36(2)32(39)28-14-8-5-9-15-28/h4-17,29,40H,3,18-26H2,1-2H3. The largest absolute Gasteiger partial charge is 0.382 e. The summed E-state index contributed by atoms with van der Waals surface area (Å²) in [7, 11) is 1.89. The van der Waals surface area contributed by atoms with Gasteiger partial charge < -0.3 is 24.2 Å². The number of carbonyl (C=O) groups excluding carboxylic acids is 1. The Morgan fingerprint density at radius 2 is 1.63 bits per heavy atom. The van der Waals surface area contributed by atoms with Gasteiger partial charge in [0, 0.05) is 51.3 Å². The van der Waals surface area contributed by atoms with Gasteiger partial charge in [-0.15, -0.1) is 0 Å². The second-order valence-electron chi connectivity index (χ2n) is 11.1. The number of hydrogen-bond donors (Lipinski definition) is 1. The van der Waals surface area contributed by atoms with Gasteiger partial charge >= 0.3 is 0 Å². The van der Waals surface area contributed by atoms with Crippen molar-refractivity contribution >= 4 is 16.9 Å². The normalized spacial score (nSPS) is 16.1. The molecule has 0 aliphatic carbocycles. The molecule has 0 spiro atoms. The van der Waals surface area contributed by atoms with Crippen molar-refractivity contribution < 1.29 is 14.6 Å². The number of amides is 1. The van der Waals surface area contributed by atoms with Gasteiger partial charge in [0.15, 0.2) is 0 Å². The fraction of sp³-hybridized carbons (Fsp3) is 0.412. The van der Waals surface area contributed by atoms with Gasteiger partial charge in [-0.25, -0.2) is 4.98 Å². The number of rotatable bonds is 12. The molecular weight excluding hydrogens is 512 g/mol. The lowest BCUT2D eigenvalue weighted by Crippen LogP contribution is -2.44. The predicted octanol–water partition coefficient (Wildman–Crippen LogP) is 5.30. The number of aromatic nitrogens is 2. The van der Waals surface area contributed by atoms with Crippen LogP contribution in [0.5, 0.6) is 0 Å². The van der Waals surface area contributed by atoms with Crippen molar-refractivity contribution in [3.8, 4) is 0 Å². The number of nitrogens with zero attached hydrogens (tertiary/aromatic N) is 4. The Morgan fingerprint density at radius 3 is 2.34 bits per heavy atom. The van der Waals surface area contributed by atoms with Crippen LogP contribution >= 0.6 is 0 Å². The maximum absolute atomic E-state index is 13.1. The van der Waals surface area contributed by atoms with Crippen molar-refractivity contribution in [1.29, 1.82) is 0 Å². The molecule has 1 atom stereocenters. The second kappa shape index (κ2) is 13.4. The third-order valence-corrected chi connectivity index (χ3v) is 8.34. The van der Waals surface area contributed by atoms with Gasteiger partial charge in [0.2, 0.25) is 0 Å². The lowest BCUT2D eigenvalue weighted by atomic mass is 9.89. The van der Waals surface area contributed by atoms with E-state index in [1.54, 1.807) is 0 Å². The number of benzene rings is 3. The monoisotopic (exact) mass is 554 g/mol. The van der Waals surface area contributed by atoms with Crippen LogP contribution in [-0.4, -0.2) is 76.8 Å². The summed E-state index contributed by atoms with van der Waals surface area (Å²) < 4.78 is 7.79. The fourth-order valence-electron chi connectivity index (χ4n) is 5.97. The molecule has 216 valence electrons. The molecular formula is C34H42N4O3. The van der Waals surface area contributed by atoms with Gasteiger partial charge in [-0.1, -0.05) is 60.7 Å².